The van der Waals surface area contributed by atoms with Gasteiger partial charge in [-0.2, -0.15) is 0 Å². The third kappa shape index (κ3) is 1.78. The first-order chi connectivity index (χ1) is 7.59. The minimum absolute atomic E-state index is 0.0638. The van der Waals surface area contributed by atoms with Crippen LogP contribution in [0, 0.1) is 12.8 Å². The number of benzene rings is 1. The Morgan fingerprint density at radius 1 is 1.44 bits per heavy atom. The second-order valence-corrected chi connectivity index (χ2v) is 4.05. The molecule has 1 aliphatic rings. The molecule has 2 unspecified atom stereocenters. The summed E-state index contributed by atoms with van der Waals surface area (Å²) in [5, 5.41) is 11.8. The van der Waals surface area contributed by atoms with Gasteiger partial charge in [0.25, 0.3) is 0 Å². The van der Waals surface area contributed by atoms with Crippen LogP contribution in [0.1, 0.15) is 23.6 Å². The van der Waals surface area contributed by atoms with Crippen molar-refractivity contribution in [3.8, 4) is 0 Å². The average molecular weight is 219 g/mol. The van der Waals surface area contributed by atoms with Crippen molar-refractivity contribution in [1.82, 2.24) is 5.32 Å². The molecule has 0 aromatic heterocycles. The molecular weight excluding hydrogens is 206 g/mol. The van der Waals surface area contributed by atoms with Gasteiger partial charge in [-0.25, -0.2) is 0 Å². The van der Waals surface area contributed by atoms with E-state index in [2.05, 4.69) is 5.32 Å². The van der Waals surface area contributed by atoms with E-state index in [4.69, 9.17) is 5.11 Å². The monoisotopic (exact) mass is 219 g/mol. The topological polar surface area (TPSA) is 66.4 Å². The van der Waals surface area contributed by atoms with Crippen molar-refractivity contribution in [2.24, 2.45) is 5.92 Å². The van der Waals surface area contributed by atoms with Crippen LogP contribution < -0.4 is 5.32 Å². The summed E-state index contributed by atoms with van der Waals surface area (Å²) in [5.74, 6) is -1.78. The molecule has 1 heterocycles. The van der Waals surface area contributed by atoms with Crippen molar-refractivity contribution in [2.75, 3.05) is 0 Å². The number of hydrogen-bond acceptors (Lipinski definition) is 2. The van der Waals surface area contributed by atoms with Gasteiger partial charge in [0.05, 0.1) is 12.0 Å². The van der Waals surface area contributed by atoms with Gasteiger partial charge in [0.2, 0.25) is 5.91 Å². The van der Waals surface area contributed by atoms with Crippen molar-refractivity contribution in [1.29, 1.82) is 0 Å². The van der Waals surface area contributed by atoms with Gasteiger partial charge in [0, 0.05) is 6.42 Å². The Bertz CT molecular complexity index is 442. The molecule has 0 spiro atoms. The summed E-state index contributed by atoms with van der Waals surface area (Å²) in [7, 11) is 0. The fourth-order valence-electron chi connectivity index (χ4n) is 2.11. The van der Waals surface area contributed by atoms with Gasteiger partial charge in [-0.1, -0.05) is 24.3 Å². The maximum absolute atomic E-state index is 11.3. The van der Waals surface area contributed by atoms with E-state index in [-0.39, 0.29) is 12.3 Å². The number of carbonyl (C=O) groups is 2. The number of carboxylic acid groups (broad SMARTS) is 1. The molecular formula is C12H13NO3. The number of aliphatic carboxylic acids is 1. The Labute approximate surface area is 93.3 Å². The molecule has 84 valence electrons. The van der Waals surface area contributed by atoms with Gasteiger partial charge < -0.3 is 10.4 Å². The van der Waals surface area contributed by atoms with E-state index in [9.17, 15) is 9.59 Å². The lowest BCUT2D eigenvalue weighted by Gasteiger charge is -2.17. The number of rotatable bonds is 2. The fraction of sp³-hybridized carbons (Fsp3) is 0.333. The summed E-state index contributed by atoms with van der Waals surface area (Å²) >= 11 is 0. The van der Waals surface area contributed by atoms with E-state index in [1.165, 1.54) is 0 Å². The zero-order valence-corrected chi connectivity index (χ0v) is 8.93. The molecule has 1 aromatic rings. The molecule has 1 saturated heterocycles. The van der Waals surface area contributed by atoms with E-state index < -0.39 is 17.9 Å². The number of nitrogens with one attached hydrogen (secondary N) is 1. The lowest BCUT2D eigenvalue weighted by atomic mass is 9.91. The molecule has 1 fully saturated rings. The number of aryl methyl sites for hydroxylation is 1. The highest BCUT2D eigenvalue weighted by Crippen LogP contribution is 2.31. The summed E-state index contributed by atoms with van der Waals surface area (Å²) in [6.07, 6.45) is 0.0638. The zero-order chi connectivity index (χ0) is 11.7. The highest BCUT2D eigenvalue weighted by atomic mass is 16.4. The molecule has 1 aliphatic heterocycles. The average Bonchev–Trinajstić information content (AvgIpc) is 2.61. The molecule has 0 saturated carbocycles. The zero-order valence-electron chi connectivity index (χ0n) is 8.93. The second kappa shape index (κ2) is 3.96. The SMILES string of the molecule is Cc1ccccc1C1NC(=O)CC1C(=O)O. The predicted molar refractivity (Wildman–Crippen MR) is 57.8 cm³/mol. The molecule has 1 amide bonds. The summed E-state index contributed by atoms with van der Waals surface area (Å²) in [6.45, 7) is 1.92. The first kappa shape index (κ1) is 10.7. The molecule has 1 aromatic carbocycles. The van der Waals surface area contributed by atoms with Crippen LogP contribution in [0.15, 0.2) is 24.3 Å². The van der Waals surface area contributed by atoms with Crippen LogP contribution >= 0.6 is 0 Å². The smallest absolute Gasteiger partial charge is 0.309 e. The van der Waals surface area contributed by atoms with E-state index in [0.29, 0.717) is 0 Å². The quantitative estimate of drug-likeness (QED) is 0.786. The molecule has 0 aliphatic carbocycles. The van der Waals surface area contributed by atoms with E-state index in [1.807, 2.05) is 31.2 Å². The Kier molecular flexibility index (Phi) is 2.64. The third-order valence-corrected chi connectivity index (χ3v) is 2.96. The van der Waals surface area contributed by atoms with Crippen molar-refractivity contribution in [2.45, 2.75) is 19.4 Å². The second-order valence-electron chi connectivity index (χ2n) is 4.05. The normalized spacial score (nSPS) is 24.2. The predicted octanol–water partition coefficient (Wildman–Crippen LogP) is 1.26. The lowest BCUT2D eigenvalue weighted by Crippen LogP contribution is -2.25. The molecule has 2 rings (SSSR count). The van der Waals surface area contributed by atoms with E-state index in [1.54, 1.807) is 0 Å². The molecule has 16 heavy (non-hydrogen) atoms. The highest BCUT2D eigenvalue weighted by Gasteiger charge is 2.38. The van der Waals surface area contributed by atoms with Crippen LogP contribution in [0.3, 0.4) is 0 Å². The van der Waals surface area contributed by atoms with Gasteiger partial charge in [-0.15, -0.1) is 0 Å². The summed E-state index contributed by atoms with van der Waals surface area (Å²) < 4.78 is 0. The summed E-state index contributed by atoms with van der Waals surface area (Å²) in [5.41, 5.74) is 1.89. The third-order valence-electron chi connectivity index (χ3n) is 2.96. The molecule has 2 atom stereocenters. The van der Waals surface area contributed by atoms with Gasteiger partial charge in [-0.3, -0.25) is 9.59 Å². The van der Waals surface area contributed by atoms with Crippen molar-refractivity contribution >= 4 is 11.9 Å². The molecule has 0 bridgehead atoms. The number of amides is 1. The van der Waals surface area contributed by atoms with Crippen molar-refractivity contribution < 1.29 is 14.7 Å². The van der Waals surface area contributed by atoms with E-state index in [0.717, 1.165) is 11.1 Å². The Morgan fingerprint density at radius 3 is 2.75 bits per heavy atom. The minimum atomic E-state index is -0.924. The van der Waals surface area contributed by atoms with Crippen LogP contribution in [0.4, 0.5) is 0 Å². The van der Waals surface area contributed by atoms with Gasteiger partial charge in [0.15, 0.2) is 0 Å². The fourth-order valence-corrected chi connectivity index (χ4v) is 2.11. The van der Waals surface area contributed by atoms with Crippen molar-refractivity contribution in [3.63, 3.8) is 0 Å². The molecule has 4 nitrogen and oxygen atoms in total. The maximum atomic E-state index is 11.3. The largest absolute Gasteiger partial charge is 0.481 e. The summed E-state index contributed by atoms with van der Waals surface area (Å²) in [4.78, 5) is 22.3. The van der Waals surface area contributed by atoms with E-state index >= 15 is 0 Å². The van der Waals surface area contributed by atoms with Crippen LogP contribution in [-0.2, 0) is 9.59 Å². The Balaban J connectivity index is 2.36. The maximum Gasteiger partial charge on any atom is 0.309 e. The minimum Gasteiger partial charge on any atom is -0.481 e. The number of hydrogen-bond donors (Lipinski definition) is 2. The first-order valence-corrected chi connectivity index (χ1v) is 5.17. The number of carbonyl (C=O) groups excluding carboxylic acids is 1. The summed E-state index contributed by atoms with van der Waals surface area (Å²) in [6, 6.07) is 7.13. The Morgan fingerprint density at radius 2 is 2.12 bits per heavy atom. The Hall–Kier alpha value is -1.84. The molecule has 2 N–H and O–H groups in total. The van der Waals surface area contributed by atoms with Gasteiger partial charge in [-0.05, 0) is 18.1 Å². The molecule has 4 heteroatoms. The number of carboxylic acids is 1. The highest BCUT2D eigenvalue weighted by molar-refractivity contribution is 5.87. The van der Waals surface area contributed by atoms with Gasteiger partial charge in [0.1, 0.15) is 0 Å². The molecule has 0 radical (unpaired) electrons. The standard InChI is InChI=1S/C12H13NO3/c1-7-4-2-3-5-8(7)11-9(12(15)16)6-10(14)13-11/h2-5,9,11H,6H2,1H3,(H,13,14)(H,15,16). The van der Waals surface area contributed by atoms with Crippen molar-refractivity contribution in [3.05, 3.63) is 35.4 Å². The van der Waals surface area contributed by atoms with Crippen LogP contribution in [0.25, 0.3) is 0 Å². The van der Waals surface area contributed by atoms with Crippen LogP contribution in [-0.4, -0.2) is 17.0 Å². The van der Waals surface area contributed by atoms with Crippen LogP contribution in [0.5, 0.6) is 0 Å². The van der Waals surface area contributed by atoms with Crippen LogP contribution in [0.2, 0.25) is 0 Å². The lowest BCUT2D eigenvalue weighted by molar-refractivity contribution is -0.142. The first-order valence-electron chi connectivity index (χ1n) is 5.17. The van der Waals surface area contributed by atoms with Gasteiger partial charge >= 0.3 is 5.97 Å².